The minimum absolute atomic E-state index is 0.00273. The minimum Gasteiger partial charge on any atom is -0.467 e. The number of nitrogens with zero attached hydrogens (tertiary/aromatic N) is 1. The maximum absolute atomic E-state index is 11.9. The van der Waals surface area contributed by atoms with Gasteiger partial charge in [-0.25, -0.2) is 9.78 Å². The molecule has 3 rings (SSSR count). The lowest BCUT2D eigenvalue weighted by molar-refractivity contribution is -0.145. The molecule has 2 N–H and O–H groups in total. The molecule has 0 unspecified atom stereocenters. The van der Waals surface area contributed by atoms with Crippen LogP contribution in [0.15, 0.2) is 58.2 Å². The lowest BCUT2D eigenvalue weighted by atomic mass is 10.1. The molecule has 2 aromatic heterocycles. The van der Waals surface area contributed by atoms with E-state index < -0.39 is 24.5 Å². The fraction of sp³-hybridized carbons (Fsp3) is 0.200. The Hall–Kier alpha value is -3.33. The summed E-state index contributed by atoms with van der Waals surface area (Å²) >= 11 is 1.22. The van der Waals surface area contributed by atoms with Crippen molar-refractivity contribution in [2.45, 2.75) is 18.5 Å². The van der Waals surface area contributed by atoms with Crippen LogP contribution in [0.3, 0.4) is 0 Å². The molecule has 0 radical (unpaired) electrons. The number of pyridine rings is 1. The third kappa shape index (κ3) is 6.08. The van der Waals surface area contributed by atoms with Crippen molar-refractivity contribution in [2.24, 2.45) is 0 Å². The Morgan fingerprint density at radius 2 is 2.00 bits per heavy atom. The molecule has 29 heavy (non-hydrogen) atoms. The van der Waals surface area contributed by atoms with Gasteiger partial charge in [-0.05, 0) is 36.8 Å². The van der Waals surface area contributed by atoms with Gasteiger partial charge >= 0.3 is 12.0 Å². The maximum atomic E-state index is 11.9. The number of furan rings is 1. The summed E-state index contributed by atoms with van der Waals surface area (Å²) in [6, 6.07) is 12.3. The van der Waals surface area contributed by atoms with E-state index in [-0.39, 0.29) is 12.3 Å². The average molecular weight is 413 g/mol. The topological polar surface area (TPSA) is 111 Å². The molecular weight excluding hydrogens is 394 g/mol. The van der Waals surface area contributed by atoms with Gasteiger partial charge in [0.1, 0.15) is 5.76 Å². The van der Waals surface area contributed by atoms with Gasteiger partial charge in [0.15, 0.2) is 6.61 Å². The van der Waals surface area contributed by atoms with Crippen LogP contribution in [0, 0.1) is 6.92 Å². The standard InChI is InChI=1S/C20H19N3O5S/c1-13-9-18(22-16-7-3-2-6-15(13)16)29-12-19(25)28-11-17(24)23-20(26)21-10-14-5-4-8-27-14/h2-9H,10-12H2,1H3,(H2,21,23,24,26). The van der Waals surface area contributed by atoms with E-state index in [1.54, 1.807) is 12.1 Å². The van der Waals surface area contributed by atoms with Crippen molar-refractivity contribution in [1.29, 1.82) is 0 Å². The van der Waals surface area contributed by atoms with E-state index in [0.29, 0.717) is 10.8 Å². The van der Waals surface area contributed by atoms with Gasteiger partial charge in [-0.15, -0.1) is 0 Å². The first-order valence-electron chi connectivity index (χ1n) is 8.76. The number of carbonyl (C=O) groups excluding carboxylic acids is 3. The monoisotopic (exact) mass is 413 g/mol. The Kier molecular flexibility index (Phi) is 6.85. The van der Waals surface area contributed by atoms with Gasteiger partial charge in [0.25, 0.3) is 5.91 Å². The highest BCUT2D eigenvalue weighted by molar-refractivity contribution is 7.99. The number of fused-ring (bicyclic) bond motifs is 1. The van der Waals surface area contributed by atoms with E-state index in [0.717, 1.165) is 16.5 Å². The summed E-state index contributed by atoms with van der Waals surface area (Å²) in [6.07, 6.45) is 1.48. The van der Waals surface area contributed by atoms with E-state index in [1.807, 2.05) is 37.3 Å². The van der Waals surface area contributed by atoms with Crippen LogP contribution in [-0.4, -0.2) is 35.3 Å². The third-order valence-corrected chi connectivity index (χ3v) is 4.74. The smallest absolute Gasteiger partial charge is 0.321 e. The summed E-state index contributed by atoms with van der Waals surface area (Å²) in [5.41, 5.74) is 1.91. The summed E-state index contributed by atoms with van der Waals surface area (Å²) in [5.74, 6) is -0.745. The van der Waals surface area contributed by atoms with Gasteiger partial charge in [-0.3, -0.25) is 14.9 Å². The molecule has 8 nitrogen and oxygen atoms in total. The van der Waals surface area contributed by atoms with Crippen LogP contribution in [0.25, 0.3) is 10.9 Å². The molecule has 3 amide bonds. The molecule has 0 fully saturated rings. The molecule has 2 heterocycles. The highest BCUT2D eigenvalue weighted by Crippen LogP contribution is 2.23. The Morgan fingerprint density at radius 1 is 1.17 bits per heavy atom. The summed E-state index contributed by atoms with van der Waals surface area (Å²) in [4.78, 5) is 39.7. The highest BCUT2D eigenvalue weighted by atomic mass is 32.2. The molecule has 0 atom stereocenters. The number of hydrogen-bond acceptors (Lipinski definition) is 7. The number of imide groups is 1. The molecule has 0 bridgehead atoms. The van der Waals surface area contributed by atoms with E-state index in [9.17, 15) is 14.4 Å². The molecule has 0 saturated heterocycles. The van der Waals surface area contributed by atoms with E-state index in [1.165, 1.54) is 18.0 Å². The van der Waals surface area contributed by atoms with Gasteiger partial charge in [-0.1, -0.05) is 30.0 Å². The maximum Gasteiger partial charge on any atom is 0.321 e. The first-order chi connectivity index (χ1) is 14.0. The molecule has 1 aromatic carbocycles. The normalized spacial score (nSPS) is 10.5. The second-order valence-corrected chi connectivity index (χ2v) is 7.05. The SMILES string of the molecule is Cc1cc(SCC(=O)OCC(=O)NC(=O)NCc2ccco2)nc2ccccc12. The van der Waals surface area contributed by atoms with E-state index >= 15 is 0 Å². The average Bonchev–Trinajstić information content (AvgIpc) is 3.23. The van der Waals surface area contributed by atoms with Gasteiger partial charge < -0.3 is 14.5 Å². The van der Waals surface area contributed by atoms with Crippen LogP contribution in [0.1, 0.15) is 11.3 Å². The third-order valence-electron chi connectivity index (χ3n) is 3.86. The second kappa shape index (κ2) is 9.74. The molecule has 3 aromatic rings. The number of rotatable bonds is 7. The quantitative estimate of drug-likeness (QED) is 0.453. The Labute approximate surface area is 171 Å². The number of esters is 1. The molecule has 0 spiro atoms. The zero-order valence-corrected chi connectivity index (χ0v) is 16.5. The zero-order chi connectivity index (χ0) is 20.6. The highest BCUT2D eigenvalue weighted by Gasteiger charge is 2.12. The molecule has 0 aliphatic carbocycles. The number of amides is 3. The summed E-state index contributed by atoms with van der Waals surface area (Å²) in [5, 5.41) is 6.28. The predicted octanol–water partition coefficient (Wildman–Crippen LogP) is 2.80. The van der Waals surface area contributed by atoms with Crippen molar-refractivity contribution < 1.29 is 23.5 Å². The first-order valence-corrected chi connectivity index (χ1v) is 9.74. The molecule has 9 heteroatoms. The number of thioether (sulfide) groups is 1. The van der Waals surface area contributed by atoms with Crippen molar-refractivity contribution >= 4 is 40.6 Å². The van der Waals surface area contributed by atoms with Crippen LogP contribution in [-0.2, 0) is 20.9 Å². The van der Waals surface area contributed by atoms with Gasteiger partial charge in [0.2, 0.25) is 0 Å². The molecule has 0 aliphatic heterocycles. The molecule has 0 saturated carbocycles. The van der Waals surface area contributed by atoms with Gasteiger partial charge in [-0.2, -0.15) is 0 Å². The Balaban J connectivity index is 1.39. The number of ether oxygens (including phenoxy) is 1. The van der Waals surface area contributed by atoms with Crippen LogP contribution >= 0.6 is 11.8 Å². The van der Waals surface area contributed by atoms with Crippen molar-refractivity contribution in [3.63, 3.8) is 0 Å². The minimum atomic E-state index is -0.722. The van der Waals surface area contributed by atoms with Crippen LogP contribution in [0.4, 0.5) is 4.79 Å². The number of para-hydroxylation sites is 1. The van der Waals surface area contributed by atoms with Crippen molar-refractivity contribution in [1.82, 2.24) is 15.6 Å². The molecule has 0 aliphatic rings. The molecular formula is C20H19N3O5S. The number of aromatic nitrogens is 1. The fourth-order valence-electron chi connectivity index (χ4n) is 2.50. The van der Waals surface area contributed by atoms with Crippen LogP contribution in [0.5, 0.6) is 0 Å². The number of urea groups is 1. The summed E-state index contributed by atoms with van der Waals surface area (Å²) in [7, 11) is 0. The van der Waals surface area contributed by atoms with E-state index in [4.69, 9.17) is 9.15 Å². The van der Waals surface area contributed by atoms with E-state index in [2.05, 4.69) is 15.6 Å². The largest absolute Gasteiger partial charge is 0.467 e. The second-order valence-electron chi connectivity index (χ2n) is 6.05. The fourth-order valence-corrected chi connectivity index (χ4v) is 3.27. The Morgan fingerprint density at radius 3 is 2.79 bits per heavy atom. The van der Waals surface area contributed by atoms with Crippen LogP contribution < -0.4 is 10.6 Å². The number of benzene rings is 1. The van der Waals surface area contributed by atoms with Crippen molar-refractivity contribution in [2.75, 3.05) is 12.4 Å². The zero-order valence-electron chi connectivity index (χ0n) is 15.6. The van der Waals surface area contributed by atoms with Gasteiger partial charge in [0.05, 0.1) is 29.1 Å². The lowest BCUT2D eigenvalue weighted by Crippen LogP contribution is -2.41. The van der Waals surface area contributed by atoms with Crippen molar-refractivity contribution in [3.05, 3.63) is 60.1 Å². The predicted molar refractivity (Wildman–Crippen MR) is 107 cm³/mol. The lowest BCUT2D eigenvalue weighted by Gasteiger charge is -2.07. The summed E-state index contributed by atoms with van der Waals surface area (Å²) in [6.45, 7) is 1.58. The number of carbonyl (C=O) groups is 3. The molecule has 150 valence electrons. The Bertz CT molecular complexity index is 1020. The van der Waals surface area contributed by atoms with Gasteiger partial charge in [0, 0.05) is 5.39 Å². The van der Waals surface area contributed by atoms with Crippen LogP contribution in [0.2, 0.25) is 0 Å². The number of nitrogens with one attached hydrogen (secondary N) is 2. The first kappa shape index (κ1) is 20.4. The summed E-state index contributed by atoms with van der Waals surface area (Å²) < 4.78 is 9.95. The number of hydrogen-bond donors (Lipinski definition) is 2. The van der Waals surface area contributed by atoms with Crippen molar-refractivity contribution in [3.8, 4) is 0 Å². The number of aryl methyl sites for hydroxylation is 1.